The molecule has 0 fully saturated rings. The molecule has 2 amide bonds. The molecule has 2 aromatic carbocycles. The van der Waals surface area contributed by atoms with Crippen molar-refractivity contribution >= 4 is 46.0 Å². The van der Waals surface area contributed by atoms with Crippen molar-refractivity contribution in [3.05, 3.63) is 85.7 Å². The lowest BCUT2D eigenvalue weighted by Crippen LogP contribution is -2.30. The molecular formula is C30H31FN6O4S. The number of nitrogens with two attached hydrogens (primary N) is 1. The van der Waals surface area contributed by atoms with E-state index < -0.39 is 11.4 Å². The van der Waals surface area contributed by atoms with E-state index in [0.29, 0.717) is 10.6 Å². The molecular weight excluding hydrogens is 559 g/mol. The highest BCUT2D eigenvalue weighted by Crippen LogP contribution is 2.32. The van der Waals surface area contributed by atoms with E-state index in [2.05, 4.69) is 15.6 Å². The largest absolute Gasteiger partial charge is 0.398 e. The number of anilines is 4. The molecule has 0 atom stereocenters. The van der Waals surface area contributed by atoms with Crippen molar-refractivity contribution in [2.75, 3.05) is 36.6 Å². The molecule has 5 rings (SSSR count). The van der Waals surface area contributed by atoms with E-state index in [1.54, 1.807) is 19.2 Å². The molecule has 0 unspecified atom stereocenters. The molecule has 2 heterocycles. The smallest absolute Gasteiger partial charge is 0.293 e. The highest BCUT2D eigenvalue weighted by atomic mass is 32.1. The molecule has 0 aliphatic heterocycles. The summed E-state index contributed by atoms with van der Waals surface area (Å²) < 4.78 is 17.0. The van der Waals surface area contributed by atoms with Gasteiger partial charge in [0, 0.05) is 48.7 Å². The number of nitrogen functional groups attached to an aromatic ring is 1. The van der Waals surface area contributed by atoms with Crippen molar-refractivity contribution in [3.8, 4) is 11.3 Å². The van der Waals surface area contributed by atoms with Gasteiger partial charge >= 0.3 is 0 Å². The molecule has 4 aromatic rings. The first-order chi connectivity index (χ1) is 20.2. The second-order valence-electron chi connectivity index (χ2n) is 10.2. The summed E-state index contributed by atoms with van der Waals surface area (Å²) in [5, 5.41) is 14.7. The summed E-state index contributed by atoms with van der Waals surface area (Å²) in [5.74, 6) is -1.49. The number of benzene rings is 2. The number of amides is 2. The Balaban J connectivity index is 1.40. The number of aliphatic hydroxyl groups excluding tert-OH is 1. The number of hydrogen-bond donors (Lipinski definition) is 4. The summed E-state index contributed by atoms with van der Waals surface area (Å²) in [7, 11) is 3.07. The van der Waals surface area contributed by atoms with Crippen LogP contribution >= 0.6 is 11.3 Å². The molecule has 5 N–H and O–H groups in total. The van der Waals surface area contributed by atoms with Crippen LogP contribution in [0, 0.1) is 5.82 Å². The number of nitrogens with zero attached hydrogens (tertiary/aromatic N) is 3. The third-order valence-corrected chi connectivity index (χ3v) is 8.38. The second-order valence-corrected chi connectivity index (χ2v) is 11.3. The molecule has 1 aliphatic rings. The maximum absolute atomic E-state index is 15.7. The average molecular weight is 591 g/mol. The predicted molar refractivity (Wildman–Crippen MR) is 162 cm³/mol. The minimum atomic E-state index is -0.677. The van der Waals surface area contributed by atoms with Crippen LogP contribution in [0.3, 0.4) is 0 Å². The molecule has 0 spiro atoms. The SMILES string of the molecule is CN(CCO)C(=O)c1ccc(Nc2nc(-c3cccc(NC(=O)c4cc5c(s4)CCCC5)c3F)cn(C)c2=O)cc1N. The number of hydrogen-bond acceptors (Lipinski definition) is 8. The highest BCUT2D eigenvalue weighted by molar-refractivity contribution is 7.14. The Hall–Kier alpha value is -4.55. The Labute approximate surface area is 245 Å². The monoisotopic (exact) mass is 590 g/mol. The van der Waals surface area contributed by atoms with Gasteiger partial charge in [-0.15, -0.1) is 11.3 Å². The number of fused-ring (bicyclic) bond motifs is 1. The van der Waals surface area contributed by atoms with Crippen molar-refractivity contribution in [1.29, 1.82) is 0 Å². The van der Waals surface area contributed by atoms with Crippen LogP contribution in [0.2, 0.25) is 0 Å². The van der Waals surface area contributed by atoms with Crippen molar-refractivity contribution in [1.82, 2.24) is 14.5 Å². The Kier molecular flexibility index (Phi) is 8.36. The van der Waals surface area contributed by atoms with Crippen LogP contribution < -0.4 is 21.9 Å². The van der Waals surface area contributed by atoms with E-state index in [1.807, 2.05) is 6.07 Å². The van der Waals surface area contributed by atoms with Gasteiger partial charge < -0.3 is 30.9 Å². The van der Waals surface area contributed by atoms with Crippen LogP contribution in [0.25, 0.3) is 11.3 Å². The number of nitrogens with one attached hydrogen (secondary N) is 2. The fraction of sp³-hybridized carbons (Fsp3) is 0.267. The molecule has 1 aliphatic carbocycles. The van der Waals surface area contributed by atoms with Crippen molar-refractivity contribution in [2.45, 2.75) is 25.7 Å². The lowest BCUT2D eigenvalue weighted by atomic mass is 9.99. The van der Waals surface area contributed by atoms with Crippen molar-refractivity contribution in [3.63, 3.8) is 0 Å². The lowest BCUT2D eigenvalue weighted by Gasteiger charge is -2.17. The number of aryl methyl sites for hydroxylation is 3. The lowest BCUT2D eigenvalue weighted by molar-refractivity contribution is 0.0768. The van der Waals surface area contributed by atoms with Crippen LogP contribution in [-0.4, -0.2) is 51.6 Å². The van der Waals surface area contributed by atoms with E-state index in [9.17, 15) is 14.4 Å². The second kappa shape index (κ2) is 12.1. The standard InChI is InChI=1S/C30H31FN6O4S/c1-36(12-13-38)29(40)19-11-10-18(15-21(19)32)33-27-30(41)37(2)16-23(34-27)20-7-5-8-22(26(20)31)35-28(39)25-14-17-6-3-4-9-24(17)42-25/h5,7-8,10-11,14-16,38H,3-4,6,9,12-13,32H2,1-2H3,(H,33,34)(H,35,39). The molecule has 12 heteroatoms. The van der Waals surface area contributed by atoms with Gasteiger partial charge in [0.05, 0.1) is 28.4 Å². The molecule has 10 nitrogen and oxygen atoms in total. The van der Waals surface area contributed by atoms with E-state index in [-0.39, 0.29) is 59.0 Å². The third-order valence-electron chi connectivity index (χ3n) is 7.14. The number of likely N-dealkylation sites (N-methyl/N-ethyl adjacent to an activating group) is 1. The highest BCUT2D eigenvalue weighted by Gasteiger charge is 2.21. The maximum Gasteiger partial charge on any atom is 0.293 e. The van der Waals surface area contributed by atoms with E-state index >= 15 is 4.39 Å². The Morgan fingerprint density at radius 2 is 1.98 bits per heavy atom. The van der Waals surface area contributed by atoms with Gasteiger partial charge in [-0.1, -0.05) is 6.07 Å². The summed E-state index contributed by atoms with van der Waals surface area (Å²) in [6, 6.07) is 11.1. The molecule has 0 bridgehead atoms. The summed E-state index contributed by atoms with van der Waals surface area (Å²) >= 11 is 1.45. The van der Waals surface area contributed by atoms with Gasteiger partial charge in [0.15, 0.2) is 11.6 Å². The van der Waals surface area contributed by atoms with Crippen LogP contribution in [0.4, 0.5) is 27.3 Å². The number of thiophene rings is 1. The zero-order valence-electron chi connectivity index (χ0n) is 23.2. The molecule has 0 saturated heterocycles. The molecule has 2 aromatic heterocycles. The fourth-order valence-electron chi connectivity index (χ4n) is 4.86. The van der Waals surface area contributed by atoms with E-state index in [1.165, 1.54) is 68.8 Å². The average Bonchev–Trinajstić information content (AvgIpc) is 3.41. The van der Waals surface area contributed by atoms with Gasteiger partial charge in [0.25, 0.3) is 17.4 Å². The summed E-state index contributed by atoms with van der Waals surface area (Å²) in [4.78, 5) is 45.9. The third kappa shape index (κ3) is 5.90. The number of carbonyl (C=O) groups is 2. The zero-order valence-corrected chi connectivity index (χ0v) is 24.1. The Morgan fingerprint density at radius 3 is 2.71 bits per heavy atom. The first kappa shape index (κ1) is 29.0. The Morgan fingerprint density at radius 1 is 1.19 bits per heavy atom. The number of aromatic nitrogens is 2. The van der Waals surface area contributed by atoms with Gasteiger partial charge in [-0.2, -0.15) is 0 Å². The summed E-state index contributed by atoms with van der Waals surface area (Å²) in [6.45, 7) is -0.0262. The molecule has 0 saturated carbocycles. The maximum atomic E-state index is 15.7. The van der Waals surface area contributed by atoms with Crippen LogP contribution in [0.1, 0.15) is 43.3 Å². The zero-order chi connectivity index (χ0) is 30.0. The van der Waals surface area contributed by atoms with Gasteiger partial charge in [0.1, 0.15) is 0 Å². The summed E-state index contributed by atoms with van der Waals surface area (Å²) in [5.41, 5.74) is 7.93. The van der Waals surface area contributed by atoms with E-state index in [4.69, 9.17) is 10.8 Å². The van der Waals surface area contributed by atoms with Crippen molar-refractivity contribution < 1.29 is 19.1 Å². The van der Waals surface area contributed by atoms with Crippen LogP contribution in [0.15, 0.2) is 53.5 Å². The van der Waals surface area contributed by atoms with Gasteiger partial charge in [0.2, 0.25) is 0 Å². The Bertz CT molecular complexity index is 1710. The first-order valence-corrected chi connectivity index (χ1v) is 14.3. The topological polar surface area (TPSA) is 143 Å². The van der Waals surface area contributed by atoms with Gasteiger partial charge in [-0.05, 0) is 67.6 Å². The van der Waals surface area contributed by atoms with E-state index in [0.717, 1.165) is 25.7 Å². The minimum absolute atomic E-state index is 0.00762. The number of rotatable bonds is 8. The van der Waals surface area contributed by atoms with Gasteiger partial charge in [-0.25, -0.2) is 9.37 Å². The predicted octanol–water partition coefficient (Wildman–Crippen LogP) is 4.17. The normalized spacial score (nSPS) is 12.5. The van der Waals surface area contributed by atoms with Crippen LogP contribution in [-0.2, 0) is 19.9 Å². The van der Waals surface area contributed by atoms with Crippen LogP contribution in [0.5, 0.6) is 0 Å². The van der Waals surface area contributed by atoms with Gasteiger partial charge in [-0.3, -0.25) is 14.4 Å². The fourth-order valence-corrected chi connectivity index (χ4v) is 6.01. The molecule has 42 heavy (non-hydrogen) atoms. The van der Waals surface area contributed by atoms with Crippen molar-refractivity contribution in [2.24, 2.45) is 7.05 Å². The quantitative estimate of drug-likeness (QED) is 0.226. The minimum Gasteiger partial charge on any atom is -0.398 e. The molecule has 218 valence electrons. The first-order valence-electron chi connectivity index (χ1n) is 13.5. The number of halogens is 1. The molecule has 0 radical (unpaired) electrons. The number of aliphatic hydroxyl groups is 1. The number of carbonyl (C=O) groups excluding carboxylic acids is 2. The summed E-state index contributed by atoms with van der Waals surface area (Å²) in [6.07, 6.45) is 5.54.